The largest absolute Gasteiger partial charge is 0.451 e. The first-order chi connectivity index (χ1) is 13.7. The van der Waals surface area contributed by atoms with Gasteiger partial charge >= 0.3 is 5.97 Å². The molecule has 1 aromatic carbocycles. The maximum absolute atomic E-state index is 12.3. The smallest absolute Gasteiger partial charge is 0.329 e. The highest BCUT2D eigenvalue weighted by Crippen LogP contribution is 2.23. The van der Waals surface area contributed by atoms with Gasteiger partial charge in [-0.25, -0.2) is 4.79 Å². The van der Waals surface area contributed by atoms with E-state index in [1.165, 1.54) is 32.0 Å². The Labute approximate surface area is 169 Å². The summed E-state index contributed by atoms with van der Waals surface area (Å²) in [6.45, 7) is 4.99. The molecule has 3 unspecified atom stereocenters. The number of amides is 2. The van der Waals surface area contributed by atoms with Crippen molar-refractivity contribution in [2.45, 2.75) is 64.6 Å². The van der Waals surface area contributed by atoms with Crippen LogP contribution in [0.5, 0.6) is 0 Å². The lowest BCUT2D eigenvalue weighted by Crippen LogP contribution is -2.47. The van der Waals surface area contributed by atoms with Crippen molar-refractivity contribution in [3.63, 3.8) is 0 Å². The first-order valence-corrected chi connectivity index (χ1v) is 9.75. The number of rotatable bonds is 7. The molecule has 0 saturated heterocycles. The summed E-state index contributed by atoms with van der Waals surface area (Å²) in [5, 5.41) is 16.2. The average Bonchev–Trinajstić information content (AvgIpc) is 2.69. The number of nitrogens with zero attached hydrogens (tertiary/aromatic N) is 1. The Morgan fingerprint density at radius 1 is 1.21 bits per heavy atom. The zero-order valence-electron chi connectivity index (χ0n) is 16.8. The van der Waals surface area contributed by atoms with Gasteiger partial charge in [-0.1, -0.05) is 25.8 Å². The van der Waals surface area contributed by atoms with Crippen molar-refractivity contribution in [1.82, 2.24) is 10.6 Å². The van der Waals surface area contributed by atoms with Crippen LogP contribution in [0, 0.1) is 16.0 Å². The van der Waals surface area contributed by atoms with Crippen LogP contribution >= 0.6 is 0 Å². The Balaban J connectivity index is 1.87. The number of carbonyl (C=O) groups excluding carboxylic acids is 3. The van der Waals surface area contributed by atoms with Gasteiger partial charge in [0.2, 0.25) is 0 Å². The van der Waals surface area contributed by atoms with E-state index in [2.05, 4.69) is 17.6 Å². The van der Waals surface area contributed by atoms with Gasteiger partial charge in [-0.15, -0.1) is 0 Å². The number of hydrogen-bond donors (Lipinski definition) is 2. The summed E-state index contributed by atoms with van der Waals surface area (Å²) in [6, 6.07) is 4.22. The fourth-order valence-corrected chi connectivity index (χ4v) is 3.26. The predicted octanol–water partition coefficient (Wildman–Crippen LogP) is 2.34. The van der Waals surface area contributed by atoms with Gasteiger partial charge in [-0.2, -0.15) is 0 Å². The van der Waals surface area contributed by atoms with Crippen LogP contribution in [0.1, 0.15) is 56.8 Å². The molecule has 0 aliphatic heterocycles. The number of nitro benzene ring substituents is 1. The molecule has 0 spiro atoms. The summed E-state index contributed by atoms with van der Waals surface area (Å²) < 4.78 is 5.18. The molecular formula is C20H27N3O6. The second-order valence-corrected chi connectivity index (χ2v) is 7.46. The summed E-state index contributed by atoms with van der Waals surface area (Å²) in [5.41, 5.74) is -0.175. The van der Waals surface area contributed by atoms with E-state index < -0.39 is 28.9 Å². The van der Waals surface area contributed by atoms with Gasteiger partial charge in [0.05, 0.1) is 4.92 Å². The van der Waals surface area contributed by atoms with E-state index >= 15 is 0 Å². The zero-order chi connectivity index (χ0) is 21.6. The van der Waals surface area contributed by atoms with Gasteiger partial charge in [-0.3, -0.25) is 19.7 Å². The monoisotopic (exact) mass is 405 g/mol. The maximum atomic E-state index is 12.3. The summed E-state index contributed by atoms with van der Waals surface area (Å²) in [7, 11) is 0. The minimum atomic E-state index is -1.02. The number of esters is 1. The minimum Gasteiger partial charge on any atom is -0.451 e. The highest BCUT2D eigenvalue weighted by molar-refractivity contribution is 5.97. The first-order valence-electron chi connectivity index (χ1n) is 9.75. The van der Waals surface area contributed by atoms with Crippen molar-refractivity contribution in [1.29, 1.82) is 0 Å². The topological polar surface area (TPSA) is 128 Å². The molecule has 9 heteroatoms. The first kappa shape index (κ1) is 22.3. The molecule has 1 aliphatic rings. The summed E-state index contributed by atoms with van der Waals surface area (Å²) in [4.78, 5) is 47.0. The van der Waals surface area contributed by atoms with E-state index in [0.29, 0.717) is 5.92 Å². The Morgan fingerprint density at radius 2 is 1.90 bits per heavy atom. The third-order valence-electron chi connectivity index (χ3n) is 5.12. The van der Waals surface area contributed by atoms with E-state index in [1.807, 2.05) is 0 Å². The molecular weight excluding hydrogens is 378 g/mol. The van der Waals surface area contributed by atoms with Crippen LogP contribution in [-0.2, 0) is 14.3 Å². The third kappa shape index (κ3) is 6.27. The van der Waals surface area contributed by atoms with Crippen LogP contribution in [0.4, 0.5) is 5.69 Å². The average molecular weight is 405 g/mol. The summed E-state index contributed by atoms with van der Waals surface area (Å²) in [5.74, 6) is -1.40. The van der Waals surface area contributed by atoms with E-state index in [4.69, 9.17) is 4.74 Å². The Bertz CT molecular complexity index is 781. The fourth-order valence-electron chi connectivity index (χ4n) is 3.26. The molecule has 2 amide bonds. The van der Waals surface area contributed by atoms with Crippen LogP contribution in [0.25, 0.3) is 0 Å². The second-order valence-electron chi connectivity index (χ2n) is 7.46. The third-order valence-corrected chi connectivity index (χ3v) is 5.12. The van der Waals surface area contributed by atoms with Gasteiger partial charge in [0.25, 0.3) is 17.5 Å². The van der Waals surface area contributed by atoms with Gasteiger partial charge in [0.15, 0.2) is 6.10 Å². The minimum absolute atomic E-state index is 0.0518. The molecule has 0 heterocycles. The lowest BCUT2D eigenvalue weighted by atomic mass is 9.86. The van der Waals surface area contributed by atoms with Crippen LogP contribution < -0.4 is 10.6 Å². The van der Waals surface area contributed by atoms with Crippen LogP contribution in [-0.4, -0.2) is 40.9 Å². The molecule has 0 radical (unpaired) electrons. The number of hydrogen-bond acceptors (Lipinski definition) is 6. The van der Waals surface area contributed by atoms with Crippen molar-refractivity contribution in [3.8, 4) is 0 Å². The van der Waals surface area contributed by atoms with Crippen molar-refractivity contribution in [3.05, 3.63) is 39.9 Å². The van der Waals surface area contributed by atoms with Crippen LogP contribution in [0.2, 0.25) is 0 Å². The quantitative estimate of drug-likeness (QED) is 0.407. The van der Waals surface area contributed by atoms with Crippen LogP contribution in [0.3, 0.4) is 0 Å². The Morgan fingerprint density at radius 3 is 2.55 bits per heavy atom. The number of benzene rings is 1. The normalized spacial score (nSPS) is 20.8. The standard InChI is InChI=1S/C20H27N3O6/c1-12-7-4-5-10-17(12)22-18(24)14(3)29-20(26)13(2)21-19(25)15-8-6-9-16(11-15)23(27)28/h6,8-9,11-14,17H,4-5,7,10H2,1-3H3,(H,21,25)(H,22,24)/t12?,13-,14?,17?/m0/s1. The molecule has 1 aromatic rings. The Hall–Kier alpha value is -2.97. The van der Waals surface area contributed by atoms with Crippen molar-refractivity contribution in [2.24, 2.45) is 5.92 Å². The number of ether oxygens (including phenoxy) is 1. The molecule has 158 valence electrons. The van der Waals surface area contributed by atoms with E-state index in [1.54, 1.807) is 0 Å². The molecule has 0 aromatic heterocycles. The molecule has 2 rings (SSSR count). The number of carbonyl (C=O) groups is 3. The number of non-ortho nitro benzene ring substituents is 1. The van der Waals surface area contributed by atoms with Gasteiger partial charge < -0.3 is 15.4 Å². The predicted molar refractivity (Wildman–Crippen MR) is 105 cm³/mol. The molecule has 29 heavy (non-hydrogen) atoms. The summed E-state index contributed by atoms with van der Waals surface area (Å²) >= 11 is 0. The molecule has 1 fully saturated rings. The molecule has 0 bridgehead atoms. The lowest BCUT2D eigenvalue weighted by Gasteiger charge is -2.30. The fraction of sp³-hybridized carbons (Fsp3) is 0.550. The number of nitrogens with one attached hydrogen (secondary N) is 2. The Kier molecular flexibility index (Phi) is 7.69. The highest BCUT2D eigenvalue weighted by atomic mass is 16.6. The summed E-state index contributed by atoms with van der Waals surface area (Å²) in [6.07, 6.45) is 3.18. The van der Waals surface area contributed by atoms with Crippen molar-refractivity contribution >= 4 is 23.5 Å². The van der Waals surface area contributed by atoms with Gasteiger partial charge in [0.1, 0.15) is 6.04 Å². The van der Waals surface area contributed by atoms with Gasteiger partial charge in [-0.05, 0) is 38.7 Å². The van der Waals surface area contributed by atoms with Crippen molar-refractivity contribution < 1.29 is 24.0 Å². The van der Waals surface area contributed by atoms with Crippen molar-refractivity contribution in [2.75, 3.05) is 0 Å². The van der Waals surface area contributed by atoms with E-state index in [9.17, 15) is 24.5 Å². The molecule has 9 nitrogen and oxygen atoms in total. The lowest BCUT2D eigenvalue weighted by molar-refractivity contribution is -0.384. The second kappa shape index (κ2) is 9.99. The SMILES string of the molecule is CC(OC(=O)[C@H](C)NC(=O)c1cccc([N+](=O)[O-])c1)C(=O)NC1CCCCC1C. The molecule has 1 aliphatic carbocycles. The van der Waals surface area contributed by atoms with E-state index in [0.717, 1.165) is 31.7 Å². The molecule has 2 N–H and O–H groups in total. The zero-order valence-corrected chi connectivity index (χ0v) is 16.8. The number of nitro groups is 1. The highest BCUT2D eigenvalue weighted by Gasteiger charge is 2.28. The van der Waals surface area contributed by atoms with Crippen LogP contribution in [0.15, 0.2) is 24.3 Å². The van der Waals surface area contributed by atoms with E-state index in [-0.39, 0.29) is 23.2 Å². The molecule has 4 atom stereocenters. The van der Waals surface area contributed by atoms with Gasteiger partial charge in [0, 0.05) is 23.7 Å². The maximum Gasteiger partial charge on any atom is 0.329 e. The molecule has 1 saturated carbocycles.